The number of ether oxygens (including phenoxy) is 2. The number of carbonyl (C=O) groups excluding carboxylic acids is 2. The van der Waals surface area contributed by atoms with Crippen LogP contribution in [0.15, 0.2) is 34.9 Å². The number of epoxide rings is 1. The fourth-order valence-corrected chi connectivity index (χ4v) is 8.84. The van der Waals surface area contributed by atoms with E-state index in [2.05, 4.69) is 0 Å². The molecule has 7 nitrogen and oxygen atoms in total. The first-order chi connectivity index (χ1) is 16.2. The first-order valence-corrected chi connectivity index (χ1v) is 12.9. The second kappa shape index (κ2) is 6.74. The zero-order valence-corrected chi connectivity index (χ0v) is 21.1. The summed E-state index contributed by atoms with van der Waals surface area (Å²) in [5.74, 6) is -0.829. The Hall–Kier alpha value is -1.80. The van der Waals surface area contributed by atoms with E-state index >= 15 is 0 Å². The number of carbonyl (C=O) groups is 2. The average Bonchev–Trinajstić information content (AvgIpc) is 3.46. The van der Waals surface area contributed by atoms with Crippen molar-refractivity contribution in [3.05, 3.63) is 34.9 Å². The fraction of sp³-hybridized carbons (Fsp3) is 0.714. The van der Waals surface area contributed by atoms with Crippen molar-refractivity contribution in [2.24, 2.45) is 22.7 Å². The van der Waals surface area contributed by atoms with Crippen molar-refractivity contribution < 1.29 is 34.4 Å². The predicted molar refractivity (Wildman–Crippen MR) is 126 cm³/mol. The number of rotatable bonds is 2. The molecule has 0 radical (unpaired) electrons. The molecule has 3 fully saturated rings. The van der Waals surface area contributed by atoms with Crippen molar-refractivity contribution in [3.8, 4) is 0 Å². The van der Waals surface area contributed by atoms with Crippen LogP contribution in [0, 0.1) is 22.7 Å². The summed E-state index contributed by atoms with van der Waals surface area (Å²) in [7, 11) is 0. The number of esters is 1. The van der Waals surface area contributed by atoms with Crippen LogP contribution >= 0.6 is 0 Å². The van der Waals surface area contributed by atoms with Gasteiger partial charge >= 0.3 is 5.97 Å². The number of ketones is 1. The minimum absolute atomic E-state index is 0.0443. The van der Waals surface area contributed by atoms with Gasteiger partial charge in [-0.15, -0.1) is 0 Å². The third kappa shape index (κ3) is 2.51. The van der Waals surface area contributed by atoms with Gasteiger partial charge in [-0.05, 0) is 82.9 Å². The number of aliphatic hydroxyl groups is 3. The van der Waals surface area contributed by atoms with Crippen molar-refractivity contribution in [2.75, 3.05) is 0 Å². The van der Waals surface area contributed by atoms with Crippen LogP contribution in [0.1, 0.15) is 66.7 Å². The lowest BCUT2D eigenvalue weighted by molar-refractivity contribution is -0.194. The Morgan fingerprint density at radius 3 is 2.57 bits per heavy atom. The highest BCUT2D eigenvalue weighted by atomic mass is 16.6. The SMILES string of the molecule is CC1=C(C)C(=O)OC([C@](C)(O)C2=CC[C@@]3(O)[C@@H]4C[C@H]5O[C@]56[C@@H](O)C=CC(=O)[C@]6(C)[C@H]4CC[C@]23C)C1. The topological polar surface area (TPSA) is 117 Å². The van der Waals surface area contributed by atoms with Gasteiger partial charge in [0.25, 0.3) is 0 Å². The summed E-state index contributed by atoms with van der Waals surface area (Å²) in [4.78, 5) is 25.7. The van der Waals surface area contributed by atoms with E-state index in [1.807, 2.05) is 26.8 Å². The number of hydrogen-bond acceptors (Lipinski definition) is 7. The van der Waals surface area contributed by atoms with E-state index in [0.717, 1.165) is 5.57 Å². The van der Waals surface area contributed by atoms with Gasteiger partial charge in [0.2, 0.25) is 0 Å². The van der Waals surface area contributed by atoms with Gasteiger partial charge in [-0.2, -0.15) is 0 Å². The Bertz CT molecular complexity index is 1130. The van der Waals surface area contributed by atoms with Crippen molar-refractivity contribution in [1.29, 1.82) is 0 Å². The standard InChI is InChI=1S/C28H36O7/c1-14-12-21(34-23(31)15(14)2)26(5,32)18-9-11-27(33)17-13-22-28(35-22)20(30)7-6-19(29)25(28,4)16(17)8-10-24(18,27)3/h6-7,9,16-17,20-22,30,32-33H,8,10-13H2,1-5H3/t16-,17+,20-,21?,22+,24+,25-,26+,27+,28+/m0/s1. The van der Waals surface area contributed by atoms with E-state index in [4.69, 9.17) is 9.47 Å². The van der Waals surface area contributed by atoms with Crippen LogP contribution in [0.4, 0.5) is 0 Å². The molecular formula is C28H36O7. The van der Waals surface area contributed by atoms with Crippen molar-refractivity contribution in [3.63, 3.8) is 0 Å². The highest BCUT2D eigenvalue weighted by molar-refractivity contribution is 5.98. The van der Waals surface area contributed by atoms with E-state index < -0.39 is 45.8 Å². The smallest absolute Gasteiger partial charge is 0.334 e. The van der Waals surface area contributed by atoms with E-state index in [1.165, 1.54) is 6.08 Å². The Labute approximate surface area is 205 Å². The summed E-state index contributed by atoms with van der Waals surface area (Å²) < 4.78 is 11.8. The molecule has 10 atom stereocenters. The fourth-order valence-electron chi connectivity index (χ4n) is 8.84. The molecular weight excluding hydrogens is 448 g/mol. The third-order valence-corrected chi connectivity index (χ3v) is 11.2. The lowest BCUT2D eigenvalue weighted by Crippen LogP contribution is -2.68. The van der Waals surface area contributed by atoms with Gasteiger partial charge in [0, 0.05) is 17.4 Å². The lowest BCUT2D eigenvalue weighted by atomic mass is 9.43. The Balaban J connectivity index is 1.36. The highest BCUT2D eigenvalue weighted by Crippen LogP contribution is 2.73. The molecule has 2 saturated carbocycles. The molecule has 2 heterocycles. The van der Waals surface area contributed by atoms with Gasteiger partial charge in [-0.25, -0.2) is 4.79 Å². The lowest BCUT2D eigenvalue weighted by Gasteiger charge is -2.61. The molecule has 1 unspecified atom stereocenters. The summed E-state index contributed by atoms with van der Waals surface area (Å²) in [5.41, 5.74) is -2.98. The van der Waals surface area contributed by atoms with Crippen LogP contribution in [0.25, 0.3) is 0 Å². The molecule has 4 aliphatic carbocycles. The van der Waals surface area contributed by atoms with Crippen LogP contribution in [-0.2, 0) is 19.1 Å². The number of cyclic esters (lactones) is 1. The van der Waals surface area contributed by atoms with Crippen LogP contribution in [0.3, 0.4) is 0 Å². The normalized spacial score (nSPS) is 52.0. The first-order valence-electron chi connectivity index (χ1n) is 12.9. The van der Waals surface area contributed by atoms with Crippen molar-refractivity contribution in [2.45, 2.75) is 102 Å². The average molecular weight is 485 g/mol. The molecule has 0 bridgehead atoms. The summed E-state index contributed by atoms with van der Waals surface area (Å²) >= 11 is 0. The van der Waals surface area contributed by atoms with E-state index in [9.17, 15) is 24.9 Å². The first kappa shape index (κ1) is 23.6. The van der Waals surface area contributed by atoms with Gasteiger partial charge in [0.1, 0.15) is 23.4 Å². The van der Waals surface area contributed by atoms with Gasteiger partial charge in [0.05, 0.1) is 17.1 Å². The molecule has 1 spiro atoms. The Morgan fingerprint density at radius 1 is 1.17 bits per heavy atom. The van der Waals surface area contributed by atoms with Crippen LogP contribution in [-0.4, -0.2) is 62.2 Å². The molecule has 35 heavy (non-hydrogen) atoms. The molecule has 190 valence electrons. The zero-order chi connectivity index (χ0) is 25.3. The zero-order valence-electron chi connectivity index (χ0n) is 21.1. The maximum absolute atomic E-state index is 13.3. The van der Waals surface area contributed by atoms with Gasteiger partial charge in [-0.3, -0.25) is 4.79 Å². The molecule has 3 N–H and O–H groups in total. The minimum atomic E-state index is -1.44. The number of allylic oxidation sites excluding steroid dienone is 1. The van der Waals surface area contributed by atoms with Crippen LogP contribution in [0.5, 0.6) is 0 Å². The summed E-state index contributed by atoms with van der Waals surface area (Å²) in [6.45, 7) is 9.23. The largest absolute Gasteiger partial charge is 0.455 e. The molecule has 1 saturated heterocycles. The maximum atomic E-state index is 13.3. The van der Waals surface area contributed by atoms with Gasteiger partial charge < -0.3 is 24.8 Å². The highest BCUT2D eigenvalue weighted by Gasteiger charge is 2.82. The molecule has 6 aliphatic rings. The summed E-state index contributed by atoms with van der Waals surface area (Å²) in [6.07, 6.45) is 5.70. The van der Waals surface area contributed by atoms with Crippen molar-refractivity contribution in [1.82, 2.24) is 0 Å². The number of fused-ring (bicyclic) bond motifs is 4. The monoisotopic (exact) mass is 484 g/mol. The van der Waals surface area contributed by atoms with Gasteiger partial charge in [0.15, 0.2) is 5.78 Å². The summed E-state index contributed by atoms with van der Waals surface area (Å²) in [6, 6.07) is 0. The van der Waals surface area contributed by atoms with E-state index in [0.29, 0.717) is 43.3 Å². The van der Waals surface area contributed by atoms with Crippen LogP contribution < -0.4 is 0 Å². The Kier molecular flexibility index (Phi) is 4.54. The van der Waals surface area contributed by atoms with Crippen molar-refractivity contribution >= 4 is 11.8 Å². The molecule has 0 aromatic rings. The number of aliphatic hydroxyl groups excluding tert-OH is 1. The third-order valence-electron chi connectivity index (χ3n) is 11.2. The second-order valence-electron chi connectivity index (χ2n) is 12.5. The van der Waals surface area contributed by atoms with E-state index in [-0.39, 0.29) is 23.7 Å². The minimum Gasteiger partial charge on any atom is -0.455 e. The molecule has 2 aliphatic heterocycles. The molecule has 0 aromatic heterocycles. The molecule has 7 heteroatoms. The van der Waals surface area contributed by atoms with E-state index in [1.54, 1.807) is 19.9 Å². The quantitative estimate of drug-likeness (QED) is 0.313. The van der Waals surface area contributed by atoms with Gasteiger partial charge in [-0.1, -0.05) is 18.6 Å². The molecule has 0 amide bonds. The maximum Gasteiger partial charge on any atom is 0.334 e. The molecule has 0 aromatic carbocycles. The van der Waals surface area contributed by atoms with Crippen LogP contribution in [0.2, 0.25) is 0 Å². The summed E-state index contributed by atoms with van der Waals surface area (Å²) in [5, 5.41) is 35.1. The molecule has 6 rings (SSSR count). The number of hydrogen-bond donors (Lipinski definition) is 3. The Morgan fingerprint density at radius 2 is 1.89 bits per heavy atom. The second-order valence-corrected chi connectivity index (χ2v) is 12.5. The predicted octanol–water partition coefficient (Wildman–Crippen LogP) is 2.53.